The highest BCUT2D eigenvalue weighted by atomic mass is 35.5. The second-order valence-electron chi connectivity index (χ2n) is 7.76. The summed E-state index contributed by atoms with van der Waals surface area (Å²) >= 11 is 0. The van der Waals surface area contributed by atoms with Crippen LogP contribution in [0.3, 0.4) is 0 Å². The number of halogens is 5. The molecule has 1 aliphatic heterocycles. The molecule has 2 aromatic carbocycles. The van der Waals surface area contributed by atoms with E-state index in [2.05, 4.69) is 4.74 Å². The number of hydrogen-bond donors (Lipinski definition) is 2. The molecule has 13 heteroatoms. The summed E-state index contributed by atoms with van der Waals surface area (Å²) in [5, 5.41) is 9.17. The molecule has 0 aliphatic carbocycles. The lowest BCUT2D eigenvalue weighted by Crippen LogP contribution is -2.57. The normalized spacial score (nSPS) is 16.6. The summed E-state index contributed by atoms with van der Waals surface area (Å²) < 4.78 is 79.5. The first kappa shape index (κ1) is 27.8. The van der Waals surface area contributed by atoms with Crippen LogP contribution in [0.4, 0.5) is 17.6 Å². The van der Waals surface area contributed by atoms with E-state index in [1.165, 1.54) is 41.9 Å². The van der Waals surface area contributed by atoms with Gasteiger partial charge < -0.3 is 9.64 Å². The monoisotopic (exact) mass is 526 g/mol. The van der Waals surface area contributed by atoms with Gasteiger partial charge in [-0.05, 0) is 68.4 Å². The van der Waals surface area contributed by atoms with Crippen molar-refractivity contribution in [2.24, 2.45) is 0 Å². The number of hydrogen-bond acceptors (Lipinski definition) is 6. The summed E-state index contributed by atoms with van der Waals surface area (Å²) in [6.45, 7) is 0.702. The van der Waals surface area contributed by atoms with Crippen LogP contribution < -0.4 is 10.2 Å². The van der Waals surface area contributed by atoms with Crippen LogP contribution in [0.15, 0.2) is 53.4 Å². The number of ether oxygens (including phenoxy) is 1. The fourth-order valence-corrected chi connectivity index (χ4v) is 5.62. The molecule has 1 aliphatic rings. The minimum atomic E-state index is -4.62. The number of benzene rings is 2. The maximum atomic E-state index is 13.4. The second-order valence-corrected chi connectivity index (χ2v) is 10.0. The maximum absolute atomic E-state index is 13.4. The van der Waals surface area contributed by atoms with Crippen molar-refractivity contribution in [2.75, 3.05) is 20.1 Å². The Morgan fingerprint density at radius 2 is 1.53 bits per heavy atom. The largest absolute Gasteiger partial charge is 0.461 e. The predicted octanol–water partition coefficient (Wildman–Crippen LogP) is 3.76. The third-order valence-electron chi connectivity index (χ3n) is 5.68. The van der Waals surface area contributed by atoms with E-state index in [1.54, 1.807) is 7.05 Å². The molecule has 0 unspecified atom stereocenters. The van der Waals surface area contributed by atoms with Gasteiger partial charge in [0.25, 0.3) is 5.91 Å². The Bertz CT molecular complexity index is 1090. The topological polar surface area (TPSA) is 95.9 Å². The second kappa shape index (κ2) is 10.5. The van der Waals surface area contributed by atoms with E-state index < -0.39 is 38.8 Å². The van der Waals surface area contributed by atoms with Crippen LogP contribution >= 0.6 is 12.4 Å². The fraction of sp³-hybridized carbons (Fsp3) is 0.381. The Hall–Kier alpha value is -2.41. The number of nitrogens with zero attached hydrogens (tertiary/aromatic N) is 1. The SMILES string of the molecule is CN1CCC(C(=O)NO)(S(=O)(=O)c2ccc(-c3ccc(OC(F)(F)C(F)F)cc3)cc2)CC1.Cl. The van der Waals surface area contributed by atoms with E-state index in [-0.39, 0.29) is 30.1 Å². The zero-order valence-electron chi connectivity index (χ0n) is 17.9. The summed E-state index contributed by atoms with van der Waals surface area (Å²) in [5.41, 5.74) is 2.50. The van der Waals surface area contributed by atoms with Gasteiger partial charge in [-0.1, -0.05) is 24.3 Å². The number of amides is 1. The van der Waals surface area contributed by atoms with E-state index >= 15 is 0 Å². The van der Waals surface area contributed by atoms with Crippen molar-refractivity contribution in [3.05, 3.63) is 48.5 Å². The molecule has 1 heterocycles. The van der Waals surface area contributed by atoms with Crippen LogP contribution in [0.1, 0.15) is 12.8 Å². The third kappa shape index (κ3) is 5.29. The van der Waals surface area contributed by atoms with Crippen molar-refractivity contribution in [3.63, 3.8) is 0 Å². The van der Waals surface area contributed by atoms with Crippen molar-refractivity contribution in [3.8, 4) is 16.9 Å². The van der Waals surface area contributed by atoms with Crippen molar-refractivity contribution in [1.29, 1.82) is 0 Å². The molecule has 188 valence electrons. The van der Waals surface area contributed by atoms with Gasteiger partial charge in [0.05, 0.1) is 4.90 Å². The predicted molar refractivity (Wildman–Crippen MR) is 117 cm³/mol. The number of likely N-dealkylation sites (tertiary alicyclic amines) is 1. The van der Waals surface area contributed by atoms with Crippen LogP contribution in [-0.2, 0) is 14.6 Å². The number of rotatable bonds is 7. The number of alkyl halides is 4. The van der Waals surface area contributed by atoms with Gasteiger partial charge in [-0.2, -0.15) is 17.6 Å². The van der Waals surface area contributed by atoms with E-state index in [0.717, 1.165) is 12.1 Å². The van der Waals surface area contributed by atoms with Crippen LogP contribution in [-0.4, -0.2) is 61.9 Å². The lowest BCUT2D eigenvalue weighted by molar-refractivity contribution is -0.253. The minimum Gasteiger partial charge on any atom is -0.428 e. The van der Waals surface area contributed by atoms with E-state index in [0.29, 0.717) is 24.2 Å². The summed E-state index contributed by atoms with van der Waals surface area (Å²) in [4.78, 5) is 14.2. The summed E-state index contributed by atoms with van der Waals surface area (Å²) in [6, 6.07) is 10.5. The Morgan fingerprint density at radius 3 is 1.97 bits per heavy atom. The fourth-order valence-electron chi connectivity index (χ4n) is 3.67. The number of sulfone groups is 1. The van der Waals surface area contributed by atoms with Gasteiger partial charge in [0.1, 0.15) is 5.75 Å². The van der Waals surface area contributed by atoms with Crippen LogP contribution in [0.5, 0.6) is 5.75 Å². The number of hydroxylamine groups is 1. The Labute approximate surface area is 200 Å². The Balaban J connectivity index is 0.00000408. The van der Waals surface area contributed by atoms with Gasteiger partial charge in [-0.25, -0.2) is 13.9 Å². The lowest BCUT2D eigenvalue weighted by atomic mass is 9.95. The number of carbonyl (C=O) groups is 1. The standard InChI is InChI=1S/C21H22F4N2O5S.ClH/c1-27-12-10-20(11-13-27,19(28)26-29)33(30,31)17-8-4-15(5-9-17)14-2-6-16(7-3-14)32-21(24,25)18(22)23;/h2-9,18,29H,10-13H2,1H3,(H,26,28);1H. The molecule has 1 amide bonds. The number of carbonyl (C=O) groups excluding carboxylic acids is 1. The molecule has 34 heavy (non-hydrogen) atoms. The van der Waals surface area contributed by atoms with Crippen molar-refractivity contribution in [1.82, 2.24) is 10.4 Å². The van der Waals surface area contributed by atoms with Crippen molar-refractivity contribution >= 4 is 28.2 Å². The van der Waals surface area contributed by atoms with Gasteiger partial charge in [0, 0.05) is 0 Å². The molecule has 7 nitrogen and oxygen atoms in total. The Kier molecular flexibility index (Phi) is 8.57. The van der Waals surface area contributed by atoms with Crippen molar-refractivity contribution in [2.45, 2.75) is 35.0 Å². The summed E-state index contributed by atoms with van der Waals surface area (Å²) in [6.07, 6.45) is -8.59. The first-order valence-electron chi connectivity index (χ1n) is 9.86. The molecular weight excluding hydrogens is 504 g/mol. The maximum Gasteiger partial charge on any atom is 0.461 e. The molecule has 0 spiro atoms. The smallest absolute Gasteiger partial charge is 0.428 e. The molecule has 2 N–H and O–H groups in total. The van der Waals surface area contributed by atoms with Gasteiger partial charge in [-0.3, -0.25) is 10.0 Å². The molecule has 0 aromatic heterocycles. The first-order valence-corrected chi connectivity index (χ1v) is 11.3. The van der Waals surface area contributed by atoms with Crippen molar-refractivity contribution < 1.29 is 40.7 Å². The van der Waals surface area contributed by atoms with Gasteiger partial charge in [-0.15, -0.1) is 12.4 Å². The number of nitrogens with one attached hydrogen (secondary N) is 1. The van der Waals surface area contributed by atoms with E-state index in [9.17, 15) is 30.8 Å². The summed E-state index contributed by atoms with van der Waals surface area (Å²) in [5.74, 6) is -1.45. The van der Waals surface area contributed by atoms with Crippen LogP contribution in [0, 0.1) is 0 Å². The lowest BCUT2D eigenvalue weighted by Gasteiger charge is -2.38. The molecule has 0 atom stereocenters. The molecule has 0 saturated carbocycles. The van der Waals surface area contributed by atoms with Gasteiger partial charge in [0.2, 0.25) is 0 Å². The molecular formula is C21H23ClF4N2O5S. The number of piperidine rings is 1. The molecule has 0 radical (unpaired) electrons. The molecule has 1 fully saturated rings. The highest BCUT2D eigenvalue weighted by Gasteiger charge is 2.52. The highest BCUT2D eigenvalue weighted by molar-refractivity contribution is 7.93. The zero-order chi connectivity index (χ0) is 24.4. The zero-order valence-corrected chi connectivity index (χ0v) is 19.5. The van der Waals surface area contributed by atoms with Crippen LogP contribution in [0.25, 0.3) is 11.1 Å². The summed E-state index contributed by atoms with van der Waals surface area (Å²) in [7, 11) is -2.37. The quantitative estimate of drug-likeness (QED) is 0.324. The molecule has 1 saturated heterocycles. The average Bonchev–Trinajstić information content (AvgIpc) is 2.79. The van der Waals surface area contributed by atoms with Gasteiger partial charge in [0.15, 0.2) is 14.6 Å². The first-order chi connectivity index (χ1) is 15.4. The molecule has 2 aromatic rings. The minimum absolute atomic E-state index is 0. The average molecular weight is 527 g/mol. The van der Waals surface area contributed by atoms with Gasteiger partial charge >= 0.3 is 12.5 Å². The molecule has 0 bridgehead atoms. The third-order valence-corrected chi connectivity index (χ3v) is 8.20. The van der Waals surface area contributed by atoms with E-state index in [4.69, 9.17) is 5.21 Å². The Morgan fingerprint density at radius 1 is 1.06 bits per heavy atom. The van der Waals surface area contributed by atoms with E-state index in [1.807, 2.05) is 4.90 Å². The molecule has 3 rings (SSSR count). The van der Waals surface area contributed by atoms with Crippen LogP contribution in [0.2, 0.25) is 0 Å². The highest BCUT2D eigenvalue weighted by Crippen LogP contribution is 2.36.